The molecular formula is C20H17BrFN5O2. The van der Waals surface area contributed by atoms with Gasteiger partial charge in [-0.05, 0) is 52.9 Å². The summed E-state index contributed by atoms with van der Waals surface area (Å²) in [6.45, 7) is 0.595. The molecule has 1 aliphatic carbocycles. The Morgan fingerprint density at radius 2 is 2.00 bits per heavy atom. The van der Waals surface area contributed by atoms with Crippen molar-refractivity contribution >= 4 is 21.8 Å². The molecule has 0 spiro atoms. The van der Waals surface area contributed by atoms with Crippen molar-refractivity contribution in [2.75, 3.05) is 6.54 Å². The van der Waals surface area contributed by atoms with Crippen LogP contribution in [-0.2, 0) is 0 Å². The average Bonchev–Trinajstić information content (AvgIpc) is 3.46. The monoisotopic (exact) mass is 457 g/mol. The van der Waals surface area contributed by atoms with Gasteiger partial charge < -0.3 is 9.64 Å². The number of carbonyl (C=O) groups excluding carboxylic acids is 1. The predicted molar refractivity (Wildman–Crippen MR) is 105 cm³/mol. The molecule has 1 aromatic carbocycles. The van der Waals surface area contributed by atoms with Crippen LogP contribution in [0.1, 0.15) is 23.2 Å². The van der Waals surface area contributed by atoms with Crippen molar-refractivity contribution in [3.05, 3.63) is 64.8 Å². The Labute approximate surface area is 174 Å². The maximum absolute atomic E-state index is 14.7. The van der Waals surface area contributed by atoms with Crippen LogP contribution in [0.4, 0.5) is 4.39 Å². The Morgan fingerprint density at radius 1 is 1.17 bits per heavy atom. The van der Waals surface area contributed by atoms with Crippen LogP contribution in [0.5, 0.6) is 5.88 Å². The van der Waals surface area contributed by atoms with Crippen LogP contribution in [0.15, 0.2) is 53.4 Å². The van der Waals surface area contributed by atoms with Gasteiger partial charge in [-0.25, -0.2) is 9.37 Å². The van der Waals surface area contributed by atoms with E-state index < -0.39 is 5.82 Å². The van der Waals surface area contributed by atoms with E-state index in [0.29, 0.717) is 24.0 Å². The average molecular weight is 458 g/mol. The van der Waals surface area contributed by atoms with E-state index in [2.05, 4.69) is 31.1 Å². The Kier molecular flexibility index (Phi) is 4.54. The zero-order chi connectivity index (χ0) is 20.0. The Hall–Kier alpha value is -2.81. The fourth-order valence-corrected chi connectivity index (χ4v) is 4.52. The number of amides is 1. The van der Waals surface area contributed by atoms with Crippen LogP contribution in [0.3, 0.4) is 0 Å². The Balaban J connectivity index is 1.42. The van der Waals surface area contributed by atoms with Gasteiger partial charge in [0, 0.05) is 23.3 Å². The van der Waals surface area contributed by atoms with Gasteiger partial charge in [0.15, 0.2) is 0 Å². The summed E-state index contributed by atoms with van der Waals surface area (Å²) in [5.41, 5.74) is 0.312. The van der Waals surface area contributed by atoms with Crippen molar-refractivity contribution in [2.24, 2.45) is 5.92 Å². The van der Waals surface area contributed by atoms with Crippen molar-refractivity contribution in [1.82, 2.24) is 24.9 Å². The molecule has 2 aliphatic rings. The van der Waals surface area contributed by atoms with Gasteiger partial charge in [0.05, 0.1) is 18.4 Å². The molecule has 9 heteroatoms. The third kappa shape index (κ3) is 3.29. The van der Waals surface area contributed by atoms with Crippen LogP contribution in [0.25, 0.3) is 5.69 Å². The Bertz CT molecular complexity index is 1040. The normalized spacial score (nSPS) is 22.8. The lowest BCUT2D eigenvalue weighted by Gasteiger charge is -2.33. The number of rotatable bonds is 4. The van der Waals surface area contributed by atoms with Crippen molar-refractivity contribution < 1.29 is 13.9 Å². The van der Waals surface area contributed by atoms with Crippen LogP contribution in [0.2, 0.25) is 0 Å². The molecule has 2 bridgehead atoms. The highest BCUT2D eigenvalue weighted by Crippen LogP contribution is 2.40. The number of nitrogens with zero attached hydrogens (tertiary/aromatic N) is 5. The highest BCUT2D eigenvalue weighted by molar-refractivity contribution is 9.10. The number of likely N-dealkylation sites (tertiary alicyclic amines) is 1. The summed E-state index contributed by atoms with van der Waals surface area (Å²) in [7, 11) is 0. The van der Waals surface area contributed by atoms with E-state index in [-0.39, 0.29) is 23.6 Å². The van der Waals surface area contributed by atoms with Gasteiger partial charge >= 0.3 is 0 Å². The SMILES string of the molecule is O=C(c1c(F)cccc1-n1nccn1)N1C[C@H]2C[C@@H](Oc3ccc(Br)cn3)[C@@H]1C2. The second kappa shape index (κ2) is 7.22. The van der Waals surface area contributed by atoms with Gasteiger partial charge in [-0.3, -0.25) is 4.79 Å². The zero-order valence-electron chi connectivity index (χ0n) is 15.3. The minimum absolute atomic E-state index is 0.0169. The van der Waals surface area contributed by atoms with Gasteiger partial charge in [0.1, 0.15) is 23.2 Å². The first-order valence-corrected chi connectivity index (χ1v) is 10.1. The van der Waals surface area contributed by atoms with Crippen LogP contribution in [0, 0.1) is 11.7 Å². The fourth-order valence-electron chi connectivity index (χ4n) is 4.29. The predicted octanol–water partition coefficient (Wildman–Crippen LogP) is 3.25. The summed E-state index contributed by atoms with van der Waals surface area (Å²) >= 11 is 3.36. The summed E-state index contributed by atoms with van der Waals surface area (Å²) in [4.78, 5) is 20.6. The minimum Gasteiger partial charge on any atom is -0.472 e. The van der Waals surface area contributed by atoms with Gasteiger partial charge in [-0.2, -0.15) is 15.0 Å². The van der Waals surface area contributed by atoms with E-state index in [1.807, 2.05) is 6.07 Å². The molecule has 0 radical (unpaired) electrons. The van der Waals surface area contributed by atoms with E-state index in [4.69, 9.17) is 4.74 Å². The summed E-state index contributed by atoms with van der Waals surface area (Å²) in [6.07, 6.45) is 6.20. The first-order chi connectivity index (χ1) is 14.1. The number of piperidine rings is 1. The maximum atomic E-state index is 14.7. The van der Waals surface area contributed by atoms with Gasteiger partial charge in [-0.1, -0.05) is 6.07 Å². The first-order valence-electron chi connectivity index (χ1n) is 9.34. The molecule has 0 unspecified atom stereocenters. The van der Waals surface area contributed by atoms with E-state index in [0.717, 1.165) is 17.3 Å². The number of aromatic nitrogens is 4. The highest BCUT2D eigenvalue weighted by atomic mass is 79.9. The molecule has 2 aromatic heterocycles. The number of benzene rings is 1. The molecule has 1 saturated carbocycles. The van der Waals surface area contributed by atoms with Crippen molar-refractivity contribution in [3.63, 3.8) is 0 Å². The van der Waals surface area contributed by atoms with Crippen molar-refractivity contribution in [2.45, 2.75) is 25.0 Å². The van der Waals surface area contributed by atoms with E-state index in [1.54, 1.807) is 29.3 Å². The summed E-state index contributed by atoms with van der Waals surface area (Å²) < 4.78 is 21.6. The third-order valence-corrected chi connectivity index (χ3v) is 5.97. The number of carbonyl (C=O) groups is 1. The quantitative estimate of drug-likeness (QED) is 0.601. The Morgan fingerprint density at radius 3 is 2.72 bits per heavy atom. The molecule has 148 valence electrons. The topological polar surface area (TPSA) is 73.1 Å². The molecule has 5 rings (SSSR count). The minimum atomic E-state index is -0.584. The van der Waals surface area contributed by atoms with E-state index >= 15 is 0 Å². The van der Waals surface area contributed by atoms with Crippen LogP contribution >= 0.6 is 15.9 Å². The summed E-state index contributed by atoms with van der Waals surface area (Å²) in [5, 5.41) is 8.11. The lowest BCUT2D eigenvalue weighted by atomic mass is 10.1. The molecule has 1 aliphatic heterocycles. The number of halogens is 2. The van der Waals surface area contributed by atoms with Gasteiger partial charge in [0.2, 0.25) is 5.88 Å². The van der Waals surface area contributed by atoms with Crippen molar-refractivity contribution in [3.8, 4) is 11.6 Å². The molecule has 29 heavy (non-hydrogen) atoms. The molecule has 1 amide bonds. The van der Waals surface area contributed by atoms with E-state index in [9.17, 15) is 9.18 Å². The van der Waals surface area contributed by atoms with Crippen LogP contribution < -0.4 is 4.74 Å². The highest BCUT2D eigenvalue weighted by Gasteiger charge is 2.49. The van der Waals surface area contributed by atoms with Gasteiger partial charge in [-0.15, -0.1) is 0 Å². The van der Waals surface area contributed by atoms with Crippen molar-refractivity contribution in [1.29, 1.82) is 0 Å². The molecule has 3 heterocycles. The van der Waals surface area contributed by atoms with E-state index in [1.165, 1.54) is 23.3 Å². The number of hydrogen-bond acceptors (Lipinski definition) is 5. The summed E-state index contributed by atoms with van der Waals surface area (Å²) in [6, 6.07) is 8.02. The fraction of sp³-hybridized carbons (Fsp3) is 0.300. The summed E-state index contributed by atoms with van der Waals surface area (Å²) in [5.74, 6) is -0.0903. The first kappa shape index (κ1) is 18.2. The maximum Gasteiger partial charge on any atom is 0.259 e. The molecular weight excluding hydrogens is 441 g/mol. The molecule has 1 saturated heterocycles. The largest absolute Gasteiger partial charge is 0.472 e. The number of ether oxygens (including phenoxy) is 1. The lowest BCUT2D eigenvalue weighted by Crippen LogP contribution is -2.47. The molecule has 0 N–H and O–H groups in total. The van der Waals surface area contributed by atoms with Gasteiger partial charge in [0.25, 0.3) is 5.91 Å². The second-order valence-electron chi connectivity index (χ2n) is 7.29. The molecule has 3 atom stereocenters. The smallest absolute Gasteiger partial charge is 0.259 e. The number of hydrogen-bond donors (Lipinski definition) is 0. The zero-order valence-corrected chi connectivity index (χ0v) is 16.9. The standard InChI is InChI=1S/C20H17BrFN5O2/c21-13-4-5-18(23-10-13)29-17-9-12-8-16(17)26(11-12)20(28)19-14(22)2-1-3-15(19)27-24-6-7-25-27/h1-7,10,12,16-17H,8-9,11H2/t12-,16+,17-/m1/s1. The van der Waals surface area contributed by atoms with Crippen LogP contribution in [-0.4, -0.2) is 49.5 Å². The molecule has 3 aromatic rings. The number of fused-ring (bicyclic) bond motifs is 2. The lowest BCUT2D eigenvalue weighted by molar-refractivity contribution is 0.0462. The second-order valence-corrected chi connectivity index (χ2v) is 8.20. The molecule has 2 fully saturated rings. The third-order valence-electron chi connectivity index (χ3n) is 5.50. The number of pyridine rings is 1. The molecule has 7 nitrogen and oxygen atoms in total.